The Balaban J connectivity index is 2.50. The standard InChI is InChI=1S/C18H26N2O5/c1-5-13(2)16(17(22)24-4)19-15(21)11-20(3)18(23)25-12-14-9-7-6-8-10-14/h6-10,13,16H,5,11-12H2,1-4H3,(H,19,21)/t13-,16-/m0/s1. The molecule has 1 N–H and O–H groups in total. The Kier molecular flexibility index (Phi) is 8.46. The van der Waals surface area contributed by atoms with Crippen LogP contribution in [-0.4, -0.2) is 49.6 Å². The van der Waals surface area contributed by atoms with Gasteiger partial charge >= 0.3 is 12.1 Å². The van der Waals surface area contributed by atoms with Crippen LogP contribution in [0, 0.1) is 5.92 Å². The molecule has 1 aromatic carbocycles. The van der Waals surface area contributed by atoms with Gasteiger partial charge in [-0.05, 0) is 11.5 Å². The largest absolute Gasteiger partial charge is 0.467 e. The number of benzene rings is 1. The minimum Gasteiger partial charge on any atom is -0.467 e. The van der Waals surface area contributed by atoms with E-state index in [1.165, 1.54) is 14.2 Å². The van der Waals surface area contributed by atoms with Crippen molar-refractivity contribution < 1.29 is 23.9 Å². The molecule has 25 heavy (non-hydrogen) atoms. The molecule has 7 heteroatoms. The molecule has 0 bridgehead atoms. The fourth-order valence-electron chi connectivity index (χ4n) is 2.12. The van der Waals surface area contributed by atoms with E-state index in [-0.39, 0.29) is 19.1 Å². The number of amides is 2. The maximum absolute atomic E-state index is 12.1. The average molecular weight is 350 g/mol. The van der Waals surface area contributed by atoms with E-state index in [4.69, 9.17) is 9.47 Å². The average Bonchev–Trinajstić information content (AvgIpc) is 2.63. The van der Waals surface area contributed by atoms with Crippen molar-refractivity contribution in [2.45, 2.75) is 32.9 Å². The Morgan fingerprint density at radius 1 is 1.20 bits per heavy atom. The van der Waals surface area contributed by atoms with Gasteiger partial charge in [0.15, 0.2) is 0 Å². The van der Waals surface area contributed by atoms with Gasteiger partial charge in [-0.3, -0.25) is 4.79 Å². The van der Waals surface area contributed by atoms with Crippen LogP contribution in [0.15, 0.2) is 30.3 Å². The van der Waals surface area contributed by atoms with Gasteiger partial charge in [0, 0.05) is 7.05 Å². The summed E-state index contributed by atoms with van der Waals surface area (Å²) >= 11 is 0. The van der Waals surface area contributed by atoms with E-state index in [2.05, 4.69) is 5.32 Å². The number of esters is 1. The van der Waals surface area contributed by atoms with E-state index in [1.54, 1.807) is 0 Å². The smallest absolute Gasteiger partial charge is 0.410 e. The van der Waals surface area contributed by atoms with E-state index < -0.39 is 24.0 Å². The zero-order valence-electron chi connectivity index (χ0n) is 15.2. The molecule has 0 heterocycles. The Bertz CT molecular complexity index is 576. The van der Waals surface area contributed by atoms with Crippen molar-refractivity contribution >= 4 is 18.0 Å². The van der Waals surface area contributed by atoms with Crippen LogP contribution in [0.3, 0.4) is 0 Å². The molecule has 1 aromatic rings. The predicted molar refractivity (Wildman–Crippen MR) is 92.7 cm³/mol. The van der Waals surface area contributed by atoms with E-state index in [1.807, 2.05) is 44.2 Å². The molecule has 0 unspecified atom stereocenters. The molecule has 0 fully saturated rings. The topological polar surface area (TPSA) is 84.9 Å². The summed E-state index contributed by atoms with van der Waals surface area (Å²) in [5.74, 6) is -1.03. The van der Waals surface area contributed by atoms with Gasteiger partial charge in [0.1, 0.15) is 19.2 Å². The second kappa shape index (κ2) is 10.3. The molecular formula is C18H26N2O5. The first-order valence-electron chi connectivity index (χ1n) is 8.18. The van der Waals surface area contributed by atoms with Crippen molar-refractivity contribution in [3.8, 4) is 0 Å². The van der Waals surface area contributed by atoms with Crippen molar-refractivity contribution in [1.82, 2.24) is 10.2 Å². The van der Waals surface area contributed by atoms with Gasteiger partial charge in [-0.25, -0.2) is 9.59 Å². The number of methoxy groups -OCH3 is 1. The SMILES string of the molecule is CC[C@H](C)[C@H](NC(=O)CN(C)C(=O)OCc1ccccc1)C(=O)OC. The van der Waals surface area contributed by atoms with Crippen LogP contribution in [0.4, 0.5) is 4.79 Å². The molecule has 0 saturated heterocycles. The summed E-state index contributed by atoms with van der Waals surface area (Å²) < 4.78 is 9.87. The van der Waals surface area contributed by atoms with Gasteiger partial charge in [-0.1, -0.05) is 50.6 Å². The van der Waals surface area contributed by atoms with Gasteiger partial charge in [0.25, 0.3) is 0 Å². The zero-order valence-corrected chi connectivity index (χ0v) is 15.2. The van der Waals surface area contributed by atoms with Gasteiger partial charge in [0.05, 0.1) is 7.11 Å². The molecule has 0 aliphatic rings. The van der Waals surface area contributed by atoms with Gasteiger partial charge in [-0.15, -0.1) is 0 Å². The van der Waals surface area contributed by atoms with Gasteiger partial charge in [-0.2, -0.15) is 0 Å². The van der Waals surface area contributed by atoms with Crippen molar-refractivity contribution in [2.75, 3.05) is 20.7 Å². The summed E-state index contributed by atoms with van der Waals surface area (Å²) in [4.78, 5) is 37.0. The third kappa shape index (κ3) is 6.82. The number of hydrogen-bond acceptors (Lipinski definition) is 5. The first-order valence-corrected chi connectivity index (χ1v) is 8.18. The fourth-order valence-corrected chi connectivity index (χ4v) is 2.12. The first-order chi connectivity index (χ1) is 11.9. The van der Waals surface area contributed by atoms with Crippen molar-refractivity contribution in [3.63, 3.8) is 0 Å². The van der Waals surface area contributed by atoms with E-state index in [0.717, 1.165) is 10.5 Å². The van der Waals surface area contributed by atoms with Crippen molar-refractivity contribution in [2.24, 2.45) is 5.92 Å². The number of carbonyl (C=O) groups is 3. The minimum atomic E-state index is -0.740. The van der Waals surface area contributed by atoms with E-state index in [9.17, 15) is 14.4 Å². The van der Waals surface area contributed by atoms with E-state index >= 15 is 0 Å². The lowest BCUT2D eigenvalue weighted by Gasteiger charge is -2.23. The lowest BCUT2D eigenvalue weighted by Crippen LogP contribution is -2.49. The number of ether oxygens (including phenoxy) is 2. The van der Waals surface area contributed by atoms with Crippen molar-refractivity contribution in [1.29, 1.82) is 0 Å². The summed E-state index contributed by atoms with van der Waals surface area (Å²) in [7, 11) is 2.74. The van der Waals surface area contributed by atoms with Crippen LogP contribution in [-0.2, 0) is 25.7 Å². The van der Waals surface area contributed by atoms with Crippen molar-refractivity contribution in [3.05, 3.63) is 35.9 Å². The molecule has 7 nitrogen and oxygen atoms in total. The molecule has 0 radical (unpaired) electrons. The second-order valence-electron chi connectivity index (χ2n) is 5.85. The molecule has 0 aliphatic carbocycles. The molecule has 1 rings (SSSR count). The van der Waals surface area contributed by atoms with Crippen LogP contribution < -0.4 is 5.32 Å². The predicted octanol–water partition coefficient (Wildman–Crippen LogP) is 1.96. The first kappa shape index (κ1) is 20.5. The monoisotopic (exact) mass is 350 g/mol. The van der Waals surface area contributed by atoms with Gasteiger partial charge in [0.2, 0.25) is 5.91 Å². The highest BCUT2D eigenvalue weighted by atomic mass is 16.6. The number of hydrogen-bond donors (Lipinski definition) is 1. The molecule has 2 amide bonds. The highest BCUT2D eigenvalue weighted by molar-refractivity contribution is 5.87. The highest BCUT2D eigenvalue weighted by Crippen LogP contribution is 2.09. The second-order valence-corrected chi connectivity index (χ2v) is 5.85. The number of nitrogens with one attached hydrogen (secondary N) is 1. The fraction of sp³-hybridized carbons (Fsp3) is 0.500. The highest BCUT2D eigenvalue weighted by Gasteiger charge is 2.27. The van der Waals surface area contributed by atoms with Crippen LogP contribution in [0.2, 0.25) is 0 Å². The minimum absolute atomic E-state index is 0.0771. The molecule has 2 atom stereocenters. The number of rotatable bonds is 8. The third-order valence-electron chi connectivity index (χ3n) is 3.88. The molecule has 0 aliphatic heterocycles. The van der Waals surface area contributed by atoms with Crippen LogP contribution in [0.25, 0.3) is 0 Å². The summed E-state index contributed by atoms with van der Waals surface area (Å²) in [5, 5.41) is 2.62. The molecule has 0 aromatic heterocycles. The summed E-state index contributed by atoms with van der Waals surface area (Å²) in [5.41, 5.74) is 0.858. The zero-order chi connectivity index (χ0) is 18.8. The summed E-state index contributed by atoms with van der Waals surface area (Å²) in [6, 6.07) is 8.51. The summed E-state index contributed by atoms with van der Waals surface area (Å²) in [6.45, 7) is 3.68. The number of likely N-dealkylation sites (N-methyl/N-ethyl adjacent to an activating group) is 1. The van der Waals surface area contributed by atoms with E-state index in [0.29, 0.717) is 6.42 Å². The lowest BCUT2D eigenvalue weighted by molar-refractivity contribution is -0.146. The Morgan fingerprint density at radius 3 is 2.40 bits per heavy atom. The Hall–Kier alpha value is -2.57. The molecule has 138 valence electrons. The Labute approximate surface area is 148 Å². The van der Waals surface area contributed by atoms with Crippen LogP contribution >= 0.6 is 0 Å². The number of carbonyl (C=O) groups excluding carboxylic acids is 3. The Morgan fingerprint density at radius 2 is 1.84 bits per heavy atom. The maximum Gasteiger partial charge on any atom is 0.410 e. The van der Waals surface area contributed by atoms with Crippen LogP contribution in [0.1, 0.15) is 25.8 Å². The molecule has 0 spiro atoms. The quantitative estimate of drug-likeness (QED) is 0.725. The third-order valence-corrected chi connectivity index (χ3v) is 3.88. The molecule has 0 saturated carbocycles. The lowest BCUT2D eigenvalue weighted by atomic mass is 9.99. The summed E-state index contributed by atoms with van der Waals surface area (Å²) in [6.07, 6.45) is 0.0896. The molecular weight excluding hydrogens is 324 g/mol. The maximum atomic E-state index is 12.1. The van der Waals surface area contributed by atoms with Crippen LogP contribution in [0.5, 0.6) is 0 Å². The normalized spacial score (nSPS) is 12.6. The number of nitrogens with zero attached hydrogens (tertiary/aromatic N) is 1. The van der Waals surface area contributed by atoms with Gasteiger partial charge < -0.3 is 19.7 Å².